The normalized spacial score (nSPS) is 15.8. The molecule has 96 valence electrons. The van der Waals surface area contributed by atoms with E-state index >= 15 is 0 Å². The molecule has 0 rings (SSSR count). The minimum absolute atomic E-state index is 0.619. The maximum atomic E-state index is 10.8. The van der Waals surface area contributed by atoms with Gasteiger partial charge in [-0.3, -0.25) is 4.79 Å². The molecule has 0 radical (unpaired) electrons. The van der Waals surface area contributed by atoms with Crippen molar-refractivity contribution >= 4 is 61.1 Å². The van der Waals surface area contributed by atoms with Crippen LogP contribution in [0, 0.1) is 0 Å². The van der Waals surface area contributed by atoms with Crippen molar-refractivity contribution in [1.29, 1.82) is 0 Å². The molecule has 0 fully saturated rings. The summed E-state index contributed by atoms with van der Waals surface area (Å²) in [7, 11) is 0. The Labute approximate surface area is 120 Å². The number of unbranched alkanes of at least 4 members (excludes halogenated alkanes) is 3. The highest BCUT2D eigenvalue weighted by atomic mass is 79.9. The number of halogens is 4. The van der Waals surface area contributed by atoms with Gasteiger partial charge in [-0.05, 0) is 19.4 Å². The standard InChI is InChI=1S/C9H16BrCl3O2Si/c1-9(10,8(14)15)6-4-2-3-5-7-16(11,12)13/h2-7H2,1H3,(H,14,15). The zero-order valence-corrected chi connectivity index (χ0v) is 14.0. The van der Waals surface area contributed by atoms with Crippen LogP contribution in [0.4, 0.5) is 0 Å². The van der Waals surface area contributed by atoms with Crippen molar-refractivity contribution in [2.24, 2.45) is 0 Å². The number of alkyl halides is 1. The van der Waals surface area contributed by atoms with Gasteiger partial charge in [-0.15, -0.1) is 33.2 Å². The number of hydrogen-bond donors (Lipinski definition) is 1. The second-order valence-corrected chi connectivity index (χ2v) is 15.1. The van der Waals surface area contributed by atoms with E-state index < -0.39 is 16.3 Å². The van der Waals surface area contributed by atoms with E-state index in [9.17, 15) is 4.79 Å². The summed E-state index contributed by atoms with van der Waals surface area (Å²) in [4.78, 5) is 10.8. The van der Waals surface area contributed by atoms with E-state index in [4.69, 9.17) is 38.3 Å². The van der Waals surface area contributed by atoms with Crippen LogP contribution >= 0.6 is 49.2 Å². The Morgan fingerprint density at radius 2 is 1.75 bits per heavy atom. The van der Waals surface area contributed by atoms with Crippen molar-refractivity contribution < 1.29 is 9.90 Å². The van der Waals surface area contributed by atoms with Crippen molar-refractivity contribution in [3.8, 4) is 0 Å². The smallest absolute Gasteiger partial charge is 0.341 e. The van der Waals surface area contributed by atoms with Gasteiger partial charge in [0.05, 0.1) is 0 Å². The van der Waals surface area contributed by atoms with E-state index in [1.165, 1.54) is 0 Å². The molecule has 0 saturated carbocycles. The Kier molecular flexibility index (Phi) is 7.95. The summed E-state index contributed by atoms with van der Waals surface area (Å²) in [6.45, 7) is 1.67. The van der Waals surface area contributed by atoms with Crippen LogP contribution < -0.4 is 0 Å². The van der Waals surface area contributed by atoms with Gasteiger partial charge in [-0.1, -0.05) is 41.6 Å². The van der Waals surface area contributed by atoms with Crippen LogP contribution in [-0.4, -0.2) is 21.4 Å². The van der Waals surface area contributed by atoms with E-state index in [1.54, 1.807) is 6.92 Å². The topological polar surface area (TPSA) is 37.3 Å². The molecule has 0 aromatic carbocycles. The van der Waals surface area contributed by atoms with Crippen LogP contribution in [0.25, 0.3) is 0 Å². The molecule has 1 atom stereocenters. The lowest BCUT2D eigenvalue weighted by atomic mass is 10.0. The maximum Gasteiger partial charge on any atom is 0.341 e. The molecule has 0 bridgehead atoms. The molecule has 7 heteroatoms. The van der Waals surface area contributed by atoms with Gasteiger partial charge in [0.15, 0.2) is 0 Å². The van der Waals surface area contributed by atoms with Gasteiger partial charge in [-0.25, -0.2) is 0 Å². The number of rotatable bonds is 8. The van der Waals surface area contributed by atoms with E-state index in [-0.39, 0.29) is 0 Å². The third kappa shape index (κ3) is 9.11. The highest BCUT2D eigenvalue weighted by Crippen LogP contribution is 2.29. The third-order valence-electron chi connectivity index (χ3n) is 2.30. The predicted octanol–water partition coefficient (Wildman–Crippen LogP) is 4.83. The van der Waals surface area contributed by atoms with Crippen molar-refractivity contribution in [2.75, 3.05) is 0 Å². The summed E-state index contributed by atoms with van der Waals surface area (Å²) in [5, 5.41) is 8.86. The SMILES string of the molecule is CC(Br)(CCCCCC[Si](Cl)(Cl)Cl)C(=O)O. The molecule has 0 aromatic heterocycles. The van der Waals surface area contributed by atoms with E-state index in [0.717, 1.165) is 25.7 Å². The fourth-order valence-electron chi connectivity index (χ4n) is 1.24. The summed E-state index contributed by atoms with van der Waals surface area (Å²) >= 11 is 20.4. The molecule has 0 aliphatic rings. The predicted molar refractivity (Wildman–Crippen MR) is 76.2 cm³/mol. The zero-order chi connectivity index (χ0) is 12.8. The first-order valence-corrected chi connectivity index (χ1v) is 11.2. The van der Waals surface area contributed by atoms with Crippen LogP contribution in [0.3, 0.4) is 0 Å². The van der Waals surface area contributed by atoms with E-state index in [1.807, 2.05) is 0 Å². The second kappa shape index (κ2) is 7.47. The zero-order valence-electron chi connectivity index (χ0n) is 9.11. The lowest BCUT2D eigenvalue weighted by Gasteiger charge is -2.16. The fraction of sp³-hybridized carbons (Fsp3) is 0.889. The molecule has 1 unspecified atom stereocenters. The summed E-state index contributed by atoms with van der Waals surface area (Å²) in [5.41, 5.74) is 0. The van der Waals surface area contributed by atoms with Gasteiger partial charge in [0.1, 0.15) is 4.32 Å². The largest absolute Gasteiger partial charge is 0.480 e. The van der Waals surface area contributed by atoms with Gasteiger partial charge >= 0.3 is 12.0 Å². The third-order valence-corrected chi connectivity index (χ3v) is 5.66. The van der Waals surface area contributed by atoms with Crippen molar-refractivity contribution in [3.05, 3.63) is 0 Å². The van der Waals surface area contributed by atoms with E-state index in [2.05, 4.69) is 15.9 Å². The lowest BCUT2D eigenvalue weighted by molar-refractivity contribution is -0.139. The molecule has 0 aromatic rings. The quantitative estimate of drug-likeness (QED) is 0.287. The highest BCUT2D eigenvalue weighted by Gasteiger charge is 2.28. The summed E-state index contributed by atoms with van der Waals surface area (Å²) in [5.74, 6) is -0.818. The Hall–Kier alpha value is 1.04. The van der Waals surface area contributed by atoms with Crippen molar-refractivity contribution in [3.63, 3.8) is 0 Å². The molecule has 0 amide bonds. The minimum Gasteiger partial charge on any atom is -0.480 e. The monoisotopic (exact) mass is 368 g/mol. The molecule has 0 heterocycles. The maximum absolute atomic E-state index is 10.8. The first-order valence-electron chi connectivity index (χ1n) is 5.14. The van der Waals surface area contributed by atoms with Gasteiger partial charge in [-0.2, -0.15) is 0 Å². The van der Waals surface area contributed by atoms with Gasteiger partial charge < -0.3 is 5.11 Å². The van der Waals surface area contributed by atoms with Crippen LogP contribution in [-0.2, 0) is 4.79 Å². The molecule has 0 aliphatic heterocycles. The first-order chi connectivity index (χ1) is 7.15. The Bertz CT molecular complexity index is 231. The Morgan fingerprint density at radius 3 is 2.19 bits per heavy atom. The minimum atomic E-state index is -2.46. The number of carboxylic acids is 1. The summed E-state index contributed by atoms with van der Waals surface area (Å²) < 4.78 is -0.809. The summed E-state index contributed by atoms with van der Waals surface area (Å²) in [6.07, 6.45) is 4.37. The second-order valence-electron chi connectivity index (χ2n) is 4.03. The Balaban J connectivity index is 3.52. The van der Waals surface area contributed by atoms with E-state index in [0.29, 0.717) is 12.5 Å². The summed E-state index contributed by atoms with van der Waals surface area (Å²) in [6, 6.07) is -1.78. The number of carboxylic acid groups (broad SMARTS) is 1. The van der Waals surface area contributed by atoms with Crippen molar-refractivity contribution in [2.45, 2.75) is 49.4 Å². The fourth-order valence-corrected chi connectivity index (χ4v) is 3.38. The molecule has 2 nitrogen and oxygen atoms in total. The number of carbonyl (C=O) groups is 1. The molecule has 0 spiro atoms. The molecule has 0 aliphatic carbocycles. The highest BCUT2D eigenvalue weighted by molar-refractivity contribution is 9.10. The van der Waals surface area contributed by atoms with Crippen molar-refractivity contribution in [1.82, 2.24) is 0 Å². The molecule has 1 N–H and O–H groups in total. The van der Waals surface area contributed by atoms with Gasteiger partial charge in [0.2, 0.25) is 0 Å². The number of hydrogen-bond acceptors (Lipinski definition) is 1. The van der Waals surface area contributed by atoms with Gasteiger partial charge in [0.25, 0.3) is 0 Å². The van der Waals surface area contributed by atoms with Gasteiger partial charge in [0, 0.05) is 0 Å². The van der Waals surface area contributed by atoms with Crippen LogP contribution in [0.15, 0.2) is 0 Å². The average molecular weight is 371 g/mol. The average Bonchev–Trinajstić information content (AvgIpc) is 2.09. The Morgan fingerprint density at radius 1 is 1.25 bits per heavy atom. The molecule has 16 heavy (non-hydrogen) atoms. The van der Waals surface area contributed by atoms with Crippen LogP contribution in [0.5, 0.6) is 0 Å². The molecular weight excluding hydrogens is 354 g/mol. The number of aliphatic carboxylic acids is 1. The van der Waals surface area contributed by atoms with Crippen LogP contribution in [0.2, 0.25) is 6.04 Å². The van der Waals surface area contributed by atoms with Crippen LogP contribution in [0.1, 0.15) is 39.0 Å². The first kappa shape index (κ1) is 17.0. The molecular formula is C9H16BrCl3O2Si. The molecule has 0 saturated heterocycles. The lowest BCUT2D eigenvalue weighted by Crippen LogP contribution is -2.27.